The average Bonchev–Trinajstić information content (AvgIpc) is 2.43. The smallest absolute Gasteiger partial charge is 0.410 e. The minimum absolute atomic E-state index is 0.0349. The van der Waals surface area contributed by atoms with Crippen molar-refractivity contribution >= 4 is 12.1 Å². The summed E-state index contributed by atoms with van der Waals surface area (Å²) in [6.07, 6.45) is 3.06. The lowest BCUT2D eigenvalue weighted by Gasteiger charge is -2.40. The Morgan fingerprint density at radius 1 is 1.19 bits per heavy atom. The third kappa shape index (κ3) is 6.15. The summed E-state index contributed by atoms with van der Waals surface area (Å²) < 4.78 is 11.1. The molecule has 1 aliphatic carbocycles. The van der Waals surface area contributed by atoms with Gasteiger partial charge >= 0.3 is 12.1 Å². The molecular weight excluding hydrogens is 332 g/mol. The minimum atomic E-state index is -0.483. The fourth-order valence-electron chi connectivity index (χ4n) is 3.77. The number of likely N-dealkylation sites (tertiary alicyclic amines) is 1. The van der Waals surface area contributed by atoms with Gasteiger partial charge in [-0.25, -0.2) is 4.79 Å². The molecule has 150 valence electrons. The van der Waals surface area contributed by atoms with E-state index in [9.17, 15) is 9.59 Å². The van der Waals surface area contributed by atoms with Gasteiger partial charge in [-0.05, 0) is 51.4 Å². The van der Waals surface area contributed by atoms with Crippen molar-refractivity contribution in [3.05, 3.63) is 0 Å². The van der Waals surface area contributed by atoms with E-state index >= 15 is 0 Å². The molecule has 0 aromatic heterocycles. The summed E-state index contributed by atoms with van der Waals surface area (Å²) in [5, 5.41) is 3.19. The number of hydrogen-bond donors (Lipinski definition) is 1. The molecule has 1 saturated heterocycles. The van der Waals surface area contributed by atoms with Gasteiger partial charge in [-0.15, -0.1) is 0 Å². The molecule has 0 spiro atoms. The molecule has 1 heterocycles. The Labute approximate surface area is 158 Å². The molecule has 1 aliphatic heterocycles. The molecule has 1 amide bonds. The molecule has 1 N–H and O–H groups in total. The van der Waals surface area contributed by atoms with Crippen LogP contribution < -0.4 is 5.32 Å². The molecular formula is C20H36N2O4. The van der Waals surface area contributed by atoms with Crippen LogP contribution in [0.1, 0.15) is 60.8 Å². The topological polar surface area (TPSA) is 67.9 Å². The van der Waals surface area contributed by atoms with E-state index in [0.717, 1.165) is 12.8 Å². The highest BCUT2D eigenvalue weighted by Crippen LogP contribution is 2.35. The normalized spacial score (nSPS) is 27.2. The summed E-state index contributed by atoms with van der Waals surface area (Å²) in [6.45, 7) is 13.5. The highest BCUT2D eigenvalue weighted by Gasteiger charge is 2.35. The molecule has 3 atom stereocenters. The second-order valence-electron chi connectivity index (χ2n) is 9.32. The van der Waals surface area contributed by atoms with Crippen molar-refractivity contribution in [1.29, 1.82) is 0 Å². The molecule has 0 radical (unpaired) electrons. The Kier molecular flexibility index (Phi) is 6.94. The lowest BCUT2D eigenvalue weighted by Crippen LogP contribution is -2.61. The van der Waals surface area contributed by atoms with Crippen molar-refractivity contribution in [2.45, 2.75) is 78.6 Å². The van der Waals surface area contributed by atoms with Crippen molar-refractivity contribution < 1.29 is 19.1 Å². The van der Waals surface area contributed by atoms with Gasteiger partial charge in [-0.3, -0.25) is 4.79 Å². The number of nitrogens with zero attached hydrogens (tertiary/aromatic N) is 1. The summed E-state index contributed by atoms with van der Waals surface area (Å²) in [6, 6.07) is 0.126. The first-order valence-corrected chi connectivity index (χ1v) is 9.96. The fourth-order valence-corrected chi connectivity index (χ4v) is 3.77. The van der Waals surface area contributed by atoms with Crippen molar-refractivity contribution in [1.82, 2.24) is 10.2 Å². The molecule has 3 unspecified atom stereocenters. The zero-order chi connectivity index (χ0) is 19.5. The maximum Gasteiger partial charge on any atom is 0.410 e. The maximum atomic E-state index is 12.2. The number of amides is 1. The zero-order valence-electron chi connectivity index (χ0n) is 17.2. The standard InChI is InChI=1S/C20H36N2O4/c1-13(2)16-8-7-14(3)9-17(16)25-18(23)10-21-15-11-22(12-15)19(24)26-20(4,5)6/h13-17,21H,7-12H2,1-6H3. The SMILES string of the molecule is CC1CCC(C(C)C)C(OC(=O)CNC2CN(C(=O)OC(C)(C)C)C2)C1. The zero-order valence-corrected chi connectivity index (χ0v) is 17.2. The van der Waals surface area contributed by atoms with Crippen molar-refractivity contribution in [3.63, 3.8) is 0 Å². The van der Waals surface area contributed by atoms with Crippen molar-refractivity contribution in [2.24, 2.45) is 17.8 Å². The van der Waals surface area contributed by atoms with Crippen molar-refractivity contribution in [3.8, 4) is 0 Å². The van der Waals surface area contributed by atoms with Crippen LogP contribution in [0, 0.1) is 17.8 Å². The second-order valence-corrected chi connectivity index (χ2v) is 9.32. The molecule has 0 aromatic rings. The number of nitrogens with one attached hydrogen (secondary N) is 1. The van der Waals surface area contributed by atoms with Gasteiger partial charge in [-0.1, -0.05) is 27.2 Å². The Morgan fingerprint density at radius 3 is 2.42 bits per heavy atom. The van der Waals surface area contributed by atoms with Crippen LogP contribution in [0.5, 0.6) is 0 Å². The van der Waals surface area contributed by atoms with Crippen LogP contribution in [0.2, 0.25) is 0 Å². The fraction of sp³-hybridized carbons (Fsp3) is 0.900. The predicted molar refractivity (Wildman–Crippen MR) is 101 cm³/mol. The third-order valence-electron chi connectivity index (χ3n) is 5.31. The van der Waals surface area contributed by atoms with Gasteiger partial charge in [0.1, 0.15) is 11.7 Å². The second kappa shape index (κ2) is 8.59. The van der Waals surface area contributed by atoms with E-state index in [4.69, 9.17) is 9.47 Å². The molecule has 26 heavy (non-hydrogen) atoms. The lowest BCUT2D eigenvalue weighted by atomic mass is 9.75. The molecule has 2 aliphatic rings. The van der Waals surface area contributed by atoms with Gasteiger partial charge in [0.25, 0.3) is 0 Å². The first-order valence-electron chi connectivity index (χ1n) is 9.96. The molecule has 0 bridgehead atoms. The summed E-state index contributed by atoms with van der Waals surface area (Å²) in [4.78, 5) is 25.8. The van der Waals surface area contributed by atoms with Crippen LogP contribution in [0.4, 0.5) is 4.79 Å². The summed E-state index contributed by atoms with van der Waals surface area (Å²) in [5.74, 6) is 1.42. The van der Waals surface area contributed by atoms with E-state index in [1.54, 1.807) is 4.90 Å². The highest BCUT2D eigenvalue weighted by atomic mass is 16.6. The number of hydrogen-bond acceptors (Lipinski definition) is 5. The Bertz CT molecular complexity index is 495. The lowest BCUT2D eigenvalue weighted by molar-refractivity contribution is -0.155. The minimum Gasteiger partial charge on any atom is -0.461 e. The van der Waals surface area contributed by atoms with Crippen LogP contribution >= 0.6 is 0 Å². The van der Waals surface area contributed by atoms with E-state index in [2.05, 4.69) is 26.1 Å². The van der Waals surface area contributed by atoms with E-state index in [-0.39, 0.29) is 30.8 Å². The molecule has 2 fully saturated rings. The Hall–Kier alpha value is -1.30. The Balaban J connectivity index is 1.69. The third-order valence-corrected chi connectivity index (χ3v) is 5.31. The van der Waals surface area contributed by atoms with Gasteiger partial charge in [0.15, 0.2) is 0 Å². The number of esters is 1. The van der Waals surface area contributed by atoms with Gasteiger partial charge in [-0.2, -0.15) is 0 Å². The molecule has 2 rings (SSSR count). The van der Waals surface area contributed by atoms with E-state index in [1.165, 1.54) is 6.42 Å². The van der Waals surface area contributed by atoms with Gasteiger partial charge < -0.3 is 19.7 Å². The van der Waals surface area contributed by atoms with Crippen LogP contribution in [-0.2, 0) is 14.3 Å². The average molecular weight is 369 g/mol. The van der Waals surface area contributed by atoms with Gasteiger partial charge in [0.05, 0.1) is 6.54 Å². The number of carbonyl (C=O) groups is 2. The first kappa shape index (κ1) is 21.0. The van der Waals surface area contributed by atoms with Gasteiger partial charge in [0.2, 0.25) is 0 Å². The number of rotatable bonds is 5. The van der Waals surface area contributed by atoms with Crippen molar-refractivity contribution in [2.75, 3.05) is 19.6 Å². The predicted octanol–water partition coefficient (Wildman–Crippen LogP) is 3.20. The molecule has 0 aromatic carbocycles. The Morgan fingerprint density at radius 2 is 1.85 bits per heavy atom. The van der Waals surface area contributed by atoms with E-state index in [1.807, 2.05) is 20.8 Å². The van der Waals surface area contributed by atoms with Gasteiger partial charge in [0, 0.05) is 19.1 Å². The van der Waals surface area contributed by atoms with E-state index in [0.29, 0.717) is 30.8 Å². The number of ether oxygens (including phenoxy) is 2. The molecule has 6 heteroatoms. The van der Waals surface area contributed by atoms with Crippen LogP contribution in [0.25, 0.3) is 0 Å². The summed E-state index contributed by atoms with van der Waals surface area (Å²) >= 11 is 0. The largest absolute Gasteiger partial charge is 0.461 e. The maximum absolute atomic E-state index is 12.2. The highest BCUT2D eigenvalue weighted by molar-refractivity contribution is 5.72. The quantitative estimate of drug-likeness (QED) is 0.755. The van der Waals surface area contributed by atoms with Crippen LogP contribution in [-0.4, -0.2) is 54.3 Å². The summed E-state index contributed by atoms with van der Waals surface area (Å²) in [5.41, 5.74) is -0.483. The first-order chi connectivity index (χ1) is 12.0. The summed E-state index contributed by atoms with van der Waals surface area (Å²) in [7, 11) is 0. The monoisotopic (exact) mass is 368 g/mol. The molecule has 1 saturated carbocycles. The van der Waals surface area contributed by atoms with Crippen LogP contribution in [0.15, 0.2) is 0 Å². The van der Waals surface area contributed by atoms with E-state index < -0.39 is 5.60 Å². The van der Waals surface area contributed by atoms with Crippen LogP contribution in [0.3, 0.4) is 0 Å². The number of carbonyl (C=O) groups excluding carboxylic acids is 2. The molecule has 6 nitrogen and oxygen atoms in total.